The molecule has 0 amide bonds. The van der Waals surface area contributed by atoms with Gasteiger partial charge in [-0.1, -0.05) is 72.9 Å². The van der Waals surface area contributed by atoms with Crippen molar-refractivity contribution in [3.63, 3.8) is 0 Å². The van der Waals surface area contributed by atoms with Crippen molar-refractivity contribution in [2.45, 2.75) is 24.2 Å². The lowest BCUT2D eigenvalue weighted by atomic mass is 10.2. The number of rotatable bonds is 13. The topological polar surface area (TPSA) is 46.5 Å². The highest BCUT2D eigenvalue weighted by atomic mass is 32.2. The first kappa shape index (κ1) is 23.3. The van der Waals surface area contributed by atoms with Gasteiger partial charge in [0.15, 0.2) is 0 Å². The van der Waals surface area contributed by atoms with Crippen LogP contribution in [0.2, 0.25) is 0 Å². The van der Waals surface area contributed by atoms with Crippen LogP contribution in [-0.4, -0.2) is 23.4 Å². The molecule has 0 aromatic heterocycles. The van der Waals surface area contributed by atoms with Gasteiger partial charge in [-0.25, -0.2) is 4.79 Å². The number of thioether (sulfide) groups is 1. The average molecular weight is 421 g/mol. The second-order valence-electron chi connectivity index (χ2n) is 6.36. The monoisotopic (exact) mass is 420 g/mol. The maximum absolute atomic E-state index is 11.0. The zero-order chi connectivity index (χ0) is 21.3. The van der Waals surface area contributed by atoms with E-state index in [-0.39, 0.29) is 0 Å². The van der Waals surface area contributed by atoms with Crippen LogP contribution in [0.25, 0.3) is 0 Å². The third-order valence-corrected chi connectivity index (χ3v) is 4.95. The van der Waals surface area contributed by atoms with Gasteiger partial charge in [0.2, 0.25) is 0 Å². The standard InChI is InChI=1S/C26H28O3S/c27-26(28)23-16-15-19-25(22-23)30-21-14-9-7-5-3-1-2-4-6-8-13-20-29-24-17-11-10-12-18-24/h2-5,8-19,22H,1,6-7,20-21H2,(H,27,28)/b4-2-,5-3-,13-8-,14-9-. The zero-order valence-corrected chi connectivity index (χ0v) is 17.8. The van der Waals surface area contributed by atoms with Crippen LogP contribution in [0.5, 0.6) is 5.75 Å². The number of hydrogen-bond donors (Lipinski definition) is 1. The molecular formula is C26H28O3S. The lowest BCUT2D eigenvalue weighted by molar-refractivity contribution is 0.0696. The molecule has 0 aliphatic carbocycles. The molecule has 0 heterocycles. The summed E-state index contributed by atoms with van der Waals surface area (Å²) in [4.78, 5) is 11.9. The molecule has 30 heavy (non-hydrogen) atoms. The fraction of sp³-hybridized carbons (Fsp3) is 0.192. The number of benzene rings is 2. The summed E-state index contributed by atoms with van der Waals surface area (Å²) in [5.41, 5.74) is 0.330. The minimum Gasteiger partial charge on any atom is -0.490 e. The number of allylic oxidation sites excluding steroid dienone is 6. The molecule has 0 fully saturated rings. The Balaban J connectivity index is 1.49. The van der Waals surface area contributed by atoms with E-state index in [1.807, 2.05) is 42.5 Å². The summed E-state index contributed by atoms with van der Waals surface area (Å²) in [5.74, 6) is 0.833. The number of carbonyl (C=O) groups is 1. The minimum atomic E-state index is -0.889. The highest BCUT2D eigenvalue weighted by Crippen LogP contribution is 2.19. The van der Waals surface area contributed by atoms with Crippen LogP contribution in [-0.2, 0) is 0 Å². The summed E-state index contributed by atoms with van der Waals surface area (Å²) in [7, 11) is 0. The molecule has 0 unspecified atom stereocenters. The normalized spacial score (nSPS) is 11.9. The van der Waals surface area contributed by atoms with E-state index >= 15 is 0 Å². The fourth-order valence-corrected chi connectivity index (χ4v) is 3.28. The van der Waals surface area contributed by atoms with E-state index in [0.29, 0.717) is 12.2 Å². The smallest absolute Gasteiger partial charge is 0.335 e. The predicted octanol–water partition coefficient (Wildman–Crippen LogP) is 6.95. The van der Waals surface area contributed by atoms with Gasteiger partial charge in [0, 0.05) is 10.6 Å². The highest BCUT2D eigenvalue weighted by molar-refractivity contribution is 7.99. The minimum absolute atomic E-state index is 0.330. The Morgan fingerprint density at radius 3 is 2.10 bits per heavy atom. The number of ether oxygens (including phenoxy) is 1. The molecule has 2 rings (SSSR count). The first-order valence-electron chi connectivity index (χ1n) is 9.99. The predicted molar refractivity (Wildman–Crippen MR) is 126 cm³/mol. The summed E-state index contributed by atoms with van der Waals surface area (Å²) in [5, 5.41) is 9.00. The Bertz CT molecular complexity index is 867. The van der Waals surface area contributed by atoms with E-state index in [2.05, 4.69) is 42.5 Å². The van der Waals surface area contributed by atoms with Gasteiger partial charge in [-0.3, -0.25) is 0 Å². The summed E-state index contributed by atoms with van der Waals surface area (Å²) < 4.78 is 5.59. The SMILES string of the molecule is O=C(O)c1cccc(SC/C=C\C/C=C\C/C=C\C/C=C\COc2ccccc2)c1. The van der Waals surface area contributed by atoms with Gasteiger partial charge in [-0.15, -0.1) is 11.8 Å². The van der Waals surface area contributed by atoms with Gasteiger partial charge < -0.3 is 9.84 Å². The maximum atomic E-state index is 11.0. The largest absolute Gasteiger partial charge is 0.490 e. The Morgan fingerprint density at radius 2 is 1.43 bits per heavy atom. The molecule has 2 aromatic carbocycles. The van der Waals surface area contributed by atoms with Crippen LogP contribution in [0, 0.1) is 0 Å². The summed E-state index contributed by atoms with van der Waals surface area (Å²) in [6.45, 7) is 0.591. The summed E-state index contributed by atoms with van der Waals surface area (Å²) >= 11 is 1.63. The number of para-hydroxylation sites is 1. The molecule has 1 N–H and O–H groups in total. The fourth-order valence-electron chi connectivity index (χ4n) is 2.47. The second-order valence-corrected chi connectivity index (χ2v) is 7.45. The Morgan fingerprint density at radius 1 is 0.800 bits per heavy atom. The molecule has 0 saturated carbocycles. The summed E-state index contributed by atoms with van der Waals surface area (Å²) in [6.07, 6.45) is 19.8. The molecule has 0 aliphatic heterocycles. The van der Waals surface area contributed by atoms with Gasteiger partial charge in [-0.05, 0) is 49.6 Å². The van der Waals surface area contributed by atoms with Gasteiger partial charge in [0.25, 0.3) is 0 Å². The van der Waals surface area contributed by atoms with Crippen LogP contribution in [0.15, 0.2) is 108 Å². The van der Waals surface area contributed by atoms with Crippen LogP contribution >= 0.6 is 11.8 Å². The zero-order valence-electron chi connectivity index (χ0n) is 17.0. The Labute approximate surface area is 183 Å². The second kappa shape index (κ2) is 14.9. The Kier molecular flexibility index (Phi) is 11.6. The van der Waals surface area contributed by atoms with Gasteiger partial charge in [0.1, 0.15) is 12.4 Å². The van der Waals surface area contributed by atoms with Crippen molar-refractivity contribution in [3.05, 3.63) is 109 Å². The number of hydrogen-bond acceptors (Lipinski definition) is 3. The van der Waals surface area contributed by atoms with E-state index in [9.17, 15) is 4.79 Å². The lowest BCUT2D eigenvalue weighted by Gasteiger charge is -2.00. The lowest BCUT2D eigenvalue weighted by Crippen LogP contribution is -1.95. The van der Waals surface area contributed by atoms with Gasteiger partial charge in [-0.2, -0.15) is 0 Å². The first-order chi connectivity index (χ1) is 14.8. The van der Waals surface area contributed by atoms with E-state index in [4.69, 9.17) is 9.84 Å². The molecule has 0 aliphatic rings. The van der Waals surface area contributed by atoms with Crippen molar-refractivity contribution in [3.8, 4) is 5.75 Å². The number of carboxylic acid groups (broad SMARTS) is 1. The molecule has 4 heteroatoms. The van der Waals surface area contributed by atoms with E-state index in [0.717, 1.165) is 35.7 Å². The van der Waals surface area contributed by atoms with Crippen molar-refractivity contribution < 1.29 is 14.6 Å². The molecule has 0 atom stereocenters. The van der Waals surface area contributed by atoms with Crippen LogP contribution < -0.4 is 4.74 Å². The Hall–Kier alpha value is -2.98. The van der Waals surface area contributed by atoms with Crippen molar-refractivity contribution in [2.24, 2.45) is 0 Å². The quantitative estimate of drug-likeness (QED) is 0.281. The van der Waals surface area contributed by atoms with E-state index < -0.39 is 5.97 Å². The summed E-state index contributed by atoms with van der Waals surface area (Å²) in [6, 6.07) is 16.8. The van der Waals surface area contributed by atoms with Gasteiger partial charge in [0.05, 0.1) is 5.56 Å². The molecular weight excluding hydrogens is 392 g/mol. The molecule has 2 aromatic rings. The molecule has 0 bridgehead atoms. The van der Waals surface area contributed by atoms with Crippen molar-refractivity contribution in [1.29, 1.82) is 0 Å². The van der Waals surface area contributed by atoms with Gasteiger partial charge >= 0.3 is 5.97 Å². The molecule has 3 nitrogen and oxygen atoms in total. The first-order valence-corrected chi connectivity index (χ1v) is 11.0. The molecule has 156 valence electrons. The molecule has 0 spiro atoms. The molecule has 0 radical (unpaired) electrons. The third kappa shape index (κ3) is 10.5. The van der Waals surface area contributed by atoms with Crippen LogP contribution in [0.3, 0.4) is 0 Å². The maximum Gasteiger partial charge on any atom is 0.335 e. The van der Waals surface area contributed by atoms with Crippen molar-refractivity contribution in [1.82, 2.24) is 0 Å². The van der Waals surface area contributed by atoms with E-state index in [1.165, 1.54) is 0 Å². The average Bonchev–Trinajstić information content (AvgIpc) is 2.77. The van der Waals surface area contributed by atoms with Crippen molar-refractivity contribution >= 4 is 17.7 Å². The highest BCUT2D eigenvalue weighted by Gasteiger charge is 2.02. The van der Waals surface area contributed by atoms with Crippen LogP contribution in [0.4, 0.5) is 0 Å². The van der Waals surface area contributed by atoms with E-state index in [1.54, 1.807) is 30.0 Å². The molecule has 0 saturated heterocycles. The number of aromatic carboxylic acids is 1. The third-order valence-electron chi connectivity index (χ3n) is 4.00. The van der Waals surface area contributed by atoms with Crippen molar-refractivity contribution in [2.75, 3.05) is 12.4 Å². The van der Waals surface area contributed by atoms with Crippen LogP contribution in [0.1, 0.15) is 29.6 Å². The number of carboxylic acids is 1.